The summed E-state index contributed by atoms with van der Waals surface area (Å²) in [6, 6.07) is 0.0886. The van der Waals surface area contributed by atoms with Gasteiger partial charge >= 0.3 is 6.09 Å². The van der Waals surface area contributed by atoms with E-state index in [0.717, 1.165) is 23.5 Å². The third-order valence-electron chi connectivity index (χ3n) is 3.35. The number of amides is 1. The summed E-state index contributed by atoms with van der Waals surface area (Å²) in [6.45, 7) is 7.56. The van der Waals surface area contributed by atoms with Crippen molar-refractivity contribution in [1.29, 1.82) is 5.41 Å². The molecular formula is C15H23ClN4O2S. The van der Waals surface area contributed by atoms with Gasteiger partial charge in [0.2, 0.25) is 5.29 Å². The van der Waals surface area contributed by atoms with E-state index in [1.807, 2.05) is 20.8 Å². The number of carbonyl (C=O) groups is 1. The van der Waals surface area contributed by atoms with Crippen LogP contribution in [0.15, 0.2) is 15.5 Å². The Labute approximate surface area is 146 Å². The second-order valence-corrected chi connectivity index (χ2v) is 8.16. The van der Waals surface area contributed by atoms with Gasteiger partial charge in [-0.05, 0) is 52.1 Å². The molecule has 0 saturated heterocycles. The highest BCUT2D eigenvalue weighted by molar-refractivity contribution is 8.04. The van der Waals surface area contributed by atoms with E-state index in [2.05, 4.69) is 22.5 Å². The monoisotopic (exact) mass is 358 g/mol. The van der Waals surface area contributed by atoms with Crippen LogP contribution in [0.5, 0.6) is 0 Å². The Morgan fingerprint density at radius 2 is 2.04 bits per heavy atom. The summed E-state index contributed by atoms with van der Waals surface area (Å²) in [5.74, 6) is 1.64. The Morgan fingerprint density at radius 1 is 1.39 bits per heavy atom. The zero-order chi connectivity index (χ0) is 17.2. The van der Waals surface area contributed by atoms with Crippen LogP contribution in [0.25, 0.3) is 0 Å². The summed E-state index contributed by atoms with van der Waals surface area (Å²) in [7, 11) is 0. The van der Waals surface area contributed by atoms with E-state index in [1.54, 1.807) is 11.8 Å². The number of alkyl carbamates (subject to hydrolysis) is 1. The summed E-state index contributed by atoms with van der Waals surface area (Å²) in [6.07, 6.45) is 1.40. The molecule has 1 heterocycles. The third kappa shape index (κ3) is 5.73. The van der Waals surface area contributed by atoms with Crippen LogP contribution in [0.3, 0.4) is 0 Å². The Kier molecular flexibility index (Phi) is 5.62. The molecule has 0 aromatic heterocycles. The summed E-state index contributed by atoms with van der Waals surface area (Å²) in [5.41, 5.74) is 0.737. The average molecular weight is 359 g/mol. The molecule has 0 bridgehead atoms. The number of rotatable bonds is 3. The highest BCUT2D eigenvalue weighted by Crippen LogP contribution is 2.33. The summed E-state index contributed by atoms with van der Waals surface area (Å²) in [4.78, 5) is 16.9. The number of ether oxygens (including phenoxy) is 1. The molecule has 0 aromatic rings. The van der Waals surface area contributed by atoms with E-state index in [9.17, 15) is 4.79 Å². The van der Waals surface area contributed by atoms with Crippen LogP contribution in [0, 0.1) is 5.41 Å². The van der Waals surface area contributed by atoms with Gasteiger partial charge in [0, 0.05) is 10.7 Å². The van der Waals surface area contributed by atoms with E-state index in [-0.39, 0.29) is 17.4 Å². The van der Waals surface area contributed by atoms with Gasteiger partial charge in [-0.15, -0.1) is 11.8 Å². The standard InChI is InChI=1S/C15H23ClN4O2S/c1-8-5-6-23-11(8)12(20-13(16)17)18-9-7-10(9)19-14(21)22-15(2,3)4/h9-10H,5-7H2,1-4H3,(H,19,21)(H2,17,18,20)/t9-,10+/m0/s1. The molecule has 6 nitrogen and oxygen atoms in total. The first-order valence-electron chi connectivity index (χ1n) is 7.57. The van der Waals surface area contributed by atoms with E-state index in [0.29, 0.717) is 5.84 Å². The first-order chi connectivity index (χ1) is 10.7. The van der Waals surface area contributed by atoms with Crippen LogP contribution in [0.4, 0.5) is 4.79 Å². The Bertz CT molecular complexity index is 568. The second kappa shape index (κ2) is 7.13. The molecule has 2 atom stereocenters. The van der Waals surface area contributed by atoms with E-state index >= 15 is 0 Å². The zero-order valence-electron chi connectivity index (χ0n) is 13.8. The van der Waals surface area contributed by atoms with Crippen LogP contribution in [0.2, 0.25) is 0 Å². The van der Waals surface area contributed by atoms with Gasteiger partial charge in [-0.2, -0.15) is 0 Å². The molecule has 3 N–H and O–H groups in total. The molecule has 0 aromatic carbocycles. The van der Waals surface area contributed by atoms with Gasteiger partial charge in [-0.1, -0.05) is 5.57 Å². The normalized spacial score (nSPS) is 24.5. The van der Waals surface area contributed by atoms with Crippen molar-refractivity contribution >= 4 is 40.6 Å². The quantitative estimate of drug-likeness (QED) is 0.410. The molecular weight excluding hydrogens is 336 g/mol. The Balaban J connectivity index is 1.92. The van der Waals surface area contributed by atoms with Gasteiger partial charge in [0.25, 0.3) is 0 Å². The molecule has 23 heavy (non-hydrogen) atoms. The summed E-state index contributed by atoms with van der Waals surface area (Å²) < 4.78 is 5.25. The Hall–Kier alpha value is -1.21. The predicted octanol–water partition coefficient (Wildman–Crippen LogP) is 3.22. The molecule has 128 valence electrons. The van der Waals surface area contributed by atoms with Crippen molar-refractivity contribution in [3.05, 3.63) is 10.5 Å². The number of nitrogens with one attached hydrogen (secondary N) is 3. The minimum atomic E-state index is -0.509. The predicted molar refractivity (Wildman–Crippen MR) is 95.5 cm³/mol. The van der Waals surface area contributed by atoms with Crippen LogP contribution in [0.1, 0.15) is 40.5 Å². The van der Waals surface area contributed by atoms with Gasteiger partial charge in [0.1, 0.15) is 11.4 Å². The van der Waals surface area contributed by atoms with Crippen LogP contribution in [-0.2, 0) is 4.74 Å². The van der Waals surface area contributed by atoms with Crippen molar-refractivity contribution in [3.8, 4) is 0 Å². The maximum absolute atomic E-state index is 11.8. The smallest absolute Gasteiger partial charge is 0.407 e. The molecule has 2 aliphatic rings. The first-order valence-corrected chi connectivity index (χ1v) is 8.94. The van der Waals surface area contributed by atoms with Gasteiger partial charge in [-0.25, -0.2) is 9.79 Å². The number of hydrogen-bond donors (Lipinski definition) is 3. The molecule has 2 rings (SSSR count). The Morgan fingerprint density at radius 3 is 2.57 bits per heavy atom. The maximum Gasteiger partial charge on any atom is 0.407 e. The molecule has 1 aliphatic heterocycles. The minimum absolute atomic E-state index is 0.00636. The van der Waals surface area contributed by atoms with Crippen molar-refractivity contribution in [2.75, 3.05) is 5.75 Å². The average Bonchev–Trinajstić information content (AvgIpc) is 2.93. The van der Waals surface area contributed by atoms with Crippen molar-refractivity contribution in [3.63, 3.8) is 0 Å². The van der Waals surface area contributed by atoms with Crippen molar-refractivity contribution in [2.45, 2.75) is 58.2 Å². The van der Waals surface area contributed by atoms with Gasteiger partial charge in [0.15, 0.2) is 0 Å². The number of nitrogens with zero attached hydrogens (tertiary/aromatic N) is 1. The minimum Gasteiger partial charge on any atom is -0.444 e. The zero-order valence-corrected chi connectivity index (χ0v) is 15.4. The van der Waals surface area contributed by atoms with Gasteiger partial charge in [-0.3, -0.25) is 5.41 Å². The van der Waals surface area contributed by atoms with Crippen LogP contribution >= 0.6 is 23.4 Å². The largest absolute Gasteiger partial charge is 0.444 e. The highest BCUT2D eigenvalue weighted by Gasteiger charge is 2.40. The lowest BCUT2D eigenvalue weighted by atomic mass is 10.2. The fraction of sp³-hybridized carbons (Fsp3) is 0.667. The fourth-order valence-electron chi connectivity index (χ4n) is 2.21. The lowest BCUT2D eigenvalue weighted by Gasteiger charge is -2.19. The van der Waals surface area contributed by atoms with Crippen molar-refractivity contribution in [1.82, 2.24) is 10.6 Å². The topological polar surface area (TPSA) is 86.6 Å². The van der Waals surface area contributed by atoms with E-state index < -0.39 is 11.7 Å². The van der Waals surface area contributed by atoms with Crippen molar-refractivity contribution in [2.24, 2.45) is 4.99 Å². The van der Waals surface area contributed by atoms with E-state index in [4.69, 9.17) is 21.7 Å². The third-order valence-corrected chi connectivity index (χ3v) is 4.67. The molecule has 0 unspecified atom stereocenters. The van der Waals surface area contributed by atoms with Crippen LogP contribution in [-0.4, -0.2) is 40.7 Å². The SMILES string of the molecule is CC1=C(/C(=N\C(=N)Cl)N[C@H]2C[C@H]2NC(=O)OC(C)(C)C)SCC1. The number of amidine groups is 2. The molecule has 1 amide bonds. The van der Waals surface area contributed by atoms with Crippen LogP contribution < -0.4 is 10.6 Å². The number of aliphatic imine (C=N–C) groups is 1. The second-order valence-electron chi connectivity index (χ2n) is 6.70. The lowest BCUT2D eigenvalue weighted by Crippen LogP contribution is -2.38. The van der Waals surface area contributed by atoms with Gasteiger partial charge in [0.05, 0.1) is 12.1 Å². The molecule has 8 heteroatoms. The fourth-order valence-corrected chi connectivity index (χ4v) is 3.50. The maximum atomic E-state index is 11.8. The molecule has 1 aliphatic carbocycles. The van der Waals surface area contributed by atoms with E-state index in [1.165, 1.54) is 5.57 Å². The lowest BCUT2D eigenvalue weighted by molar-refractivity contribution is 0.0522. The molecule has 1 fully saturated rings. The van der Waals surface area contributed by atoms with Gasteiger partial charge < -0.3 is 15.4 Å². The number of allylic oxidation sites excluding steroid dienone is 1. The summed E-state index contributed by atoms with van der Waals surface area (Å²) in [5, 5.41) is 13.3. The van der Waals surface area contributed by atoms with Crippen molar-refractivity contribution < 1.29 is 9.53 Å². The number of carbonyl (C=O) groups excluding carboxylic acids is 1. The number of thioether (sulfide) groups is 1. The molecule has 0 spiro atoms. The number of halogens is 1. The first kappa shape index (κ1) is 18.1. The highest BCUT2D eigenvalue weighted by atomic mass is 35.5. The molecule has 1 saturated carbocycles. The summed E-state index contributed by atoms with van der Waals surface area (Å²) >= 11 is 7.34. The molecule has 0 radical (unpaired) electrons. The number of hydrogen-bond acceptors (Lipinski definition) is 4.